The van der Waals surface area contributed by atoms with Gasteiger partial charge >= 0.3 is 0 Å². The first-order valence-electron chi connectivity index (χ1n) is 4.99. The molecule has 0 aliphatic rings. The second-order valence-electron chi connectivity index (χ2n) is 3.50. The number of aromatic carboxylic acids is 1. The van der Waals surface area contributed by atoms with Crippen molar-refractivity contribution in [2.24, 2.45) is 0 Å². The minimum atomic E-state index is -1.24. The Labute approximate surface area is 97.5 Å². The Balaban J connectivity index is 2.24. The Morgan fingerprint density at radius 2 is 1.71 bits per heavy atom. The van der Waals surface area contributed by atoms with Crippen LogP contribution >= 0.6 is 0 Å². The van der Waals surface area contributed by atoms with Crippen molar-refractivity contribution >= 4 is 17.3 Å². The van der Waals surface area contributed by atoms with Crippen LogP contribution in [-0.2, 0) is 0 Å². The lowest BCUT2D eigenvalue weighted by Crippen LogP contribution is -2.22. The Bertz CT molecular complexity index is 555. The van der Waals surface area contributed by atoms with Crippen LogP contribution in [0.1, 0.15) is 10.4 Å². The summed E-state index contributed by atoms with van der Waals surface area (Å²) in [6.07, 6.45) is 0. The molecular weight excluding hydrogens is 221 g/mol. The fourth-order valence-electron chi connectivity index (χ4n) is 1.46. The maximum absolute atomic E-state index is 12.9. The third-order valence-corrected chi connectivity index (χ3v) is 2.21. The van der Waals surface area contributed by atoms with E-state index in [1.54, 1.807) is 24.3 Å². The normalized spacial score (nSPS) is 9.94. The van der Waals surface area contributed by atoms with Gasteiger partial charge in [0.15, 0.2) is 0 Å². The molecule has 0 unspecified atom stereocenters. The van der Waals surface area contributed by atoms with E-state index in [-0.39, 0.29) is 11.4 Å². The van der Waals surface area contributed by atoms with Gasteiger partial charge in [0.2, 0.25) is 0 Å². The quantitative estimate of drug-likeness (QED) is 0.876. The summed E-state index contributed by atoms with van der Waals surface area (Å²) in [4.78, 5) is 10.7. The summed E-state index contributed by atoms with van der Waals surface area (Å²) in [5.41, 5.74) is 1.20. The van der Waals surface area contributed by atoms with E-state index in [2.05, 4.69) is 5.32 Å². The average molecular weight is 230 g/mol. The molecule has 0 saturated heterocycles. The van der Waals surface area contributed by atoms with Gasteiger partial charge in [-0.05, 0) is 35.9 Å². The summed E-state index contributed by atoms with van der Waals surface area (Å²) in [5, 5.41) is 13.6. The zero-order chi connectivity index (χ0) is 12.3. The van der Waals surface area contributed by atoms with E-state index in [0.717, 1.165) is 0 Å². The molecule has 0 amide bonds. The minimum Gasteiger partial charge on any atom is -0.545 e. The maximum Gasteiger partial charge on any atom is 0.125 e. The van der Waals surface area contributed by atoms with Gasteiger partial charge in [-0.25, -0.2) is 4.39 Å². The van der Waals surface area contributed by atoms with Crippen molar-refractivity contribution in [1.29, 1.82) is 0 Å². The van der Waals surface area contributed by atoms with Gasteiger partial charge in [-0.15, -0.1) is 0 Å². The molecule has 4 heteroatoms. The van der Waals surface area contributed by atoms with Gasteiger partial charge in [0, 0.05) is 11.4 Å². The van der Waals surface area contributed by atoms with Gasteiger partial charge in [0.05, 0.1) is 5.97 Å². The largest absolute Gasteiger partial charge is 0.545 e. The van der Waals surface area contributed by atoms with Crippen molar-refractivity contribution in [3.8, 4) is 0 Å². The highest BCUT2D eigenvalue weighted by Crippen LogP contribution is 2.18. The standard InChI is InChI=1S/C13H10FNO2/c14-10-4-2-6-12(8-10)15-11-5-1-3-9(7-11)13(16)17/h1-8,15H,(H,16,17)/p-1. The lowest BCUT2D eigenvalue weighted by atomic mass is 10.2. The summed E-state index contributed by atoms with van der Waals surface area (Å²) in [6, 6.07) is 12.1. The Morgan fingerprint density at radius 1 is 1.06 bits per heavy atom. The minimum absolute atomic E-state index is 0.0754. The van der Waals surface area contributed by atoms with Crippen LogP contribution in [0.4, 0.5) is 15.8 Å². The average Bonchev–Trinajstić information content (AvgIpc) is 2.29. The van der Waals surface area contributed by atoms with E-state index in [1.165, 1.54) is 24.3 Å². The third kappa shape index (κ3) is 2.81. The monoisotopic (exact) mass is 230 g/mol. The molecule has 86 valence electrons. The molecule has 17 heavy (non-hydrogen) atoms. The Kier molecular flexibility index (Phi) is 3.05. The SMILES string of the molecule is O=C([O-])c1cccc(Nc2cccc(F)c2)c1. The van der Waals surface area contributed by atoms with E-state index >= 15 is 0 Å². The number of benzene rings is 2. The van der Waals surface area contributed by atoms with E-state index in [1.807, 2.05) is 0 Å². The van der Waals surface area contributed by atoms with Gasteiger partial charge in [0.25, 0.3) is 0 Å². The Morgan fingerprint density at radius 3 is 2.35 bits per heavy atom. The molecule has 0 saturated carbocycles. The van der Waals surface area contributed by atoms with Crippen LogP contribution in [0.15, 0.2) is 48.5 Å². The number of rotatable bonds is 3. The van der Waals surface area contributed by atoms with Gasteiger partial charge in [-0.3, -0.25) is 0 Å². The van der Waals surface area contributed by atoms with Crippen molar-refractivity contribution in [2.45, 2.75) is 0 Å². The Hall–Kier alpha value is -2.36. The molecule has 0 bridgehead atoms. The first-order valence-corrected chi connectivity index (χ1v) is 4.99. The number of hydrogen-bond acceptors (Lipinski definition) is 3. The summed E-state index contributed by atoms with van der Waals surface area (Å²) < 4.78 is 12.9. The van der Waals surface area contributed by atoms with Crippen molar-refractivity contribution < 1.29 is 14.3 Å². The number of halogens is 1. The fraction of sp³-hybridized carbons (Fsp3) is 0. The molecule has 0 aliphatic heterocycles. The van der Waals surface area contributed by atoms with E-state index in [4.69, 9.17) is 0 Å². The van der Waals surface area contributed by atoms with E-state index in [0.29, 0.717) is 11.4 Å². The van der Waals surface area contributed by atoms with Crippen LogP contribution in [0.5, 0.6) is 0 Å². The first-order chi connectivity index (χ1) is 8.15. The molecule has 0 radical (unpaired) electrons. The maximum atomic E-state index is 12.9. The third-order valence-electron chi connectivity index (χ3n) is 2.21. The van der Waals surface area contributed by atoms with E-state index < -0.39 is 5.97 Å². The molecule has 3 nitrogen and oxygen atoms in total. The molecule has 0 atom stereocenters. The second-order valence-corrected chi connectivity index (χ2v) is 3.50. The number of carboxylic acid groups (broad SMARTS) is 1. The fourth-order valence-corrected chi connectivity index (χ4v) is 1.46. The molecule has 0 spiro atoms. The zero-order valence-electron chi connectivity index (χ0n) is 8.81. The highest BCUT2D eigenvalue weighted by molar-refractivity contribution is 5.87. The molecule has 0 fully saturated rings. The molecule has 0 aromatic heterocycles. The van der Waals surface area contributed by atoms with Crippen LogP contribution in [-0.4, -0.2) is 5.97 Å². The molecule has 0 heterocycles. The predicted octanol–water partition coefficient (Wildman–Crippen LogP) is 1.93. The number of carbonyl (C=O) groups is 1. The van der Waals surface area contributed by atoms with Crippen molar-refractivity contribution in [1.82, 2.24) is 0 Å². The van der Waals surface area contributed by atoms with Gasteiger partial charge in [-0.1, -0.05) is 18.2 Å². The predicted molar refractivity (Wildman–Crippen MR) is 60.5 cm³/mol. The highest BCUT2D eigenvalue weighted by atomic mass is 19.1. The highest BCUT2D eigenvalue weighted by Gasteiger charge is 1.98. The van der Waals surface area contributed by atoms with Crippen LogP contribution < -0.4 is 10.4 Å². The van der Waals surface area contributed by atoms with Gasteiger partial charge < -0.3 is 15.2 Å². The summed E-state index contributed by atoms with van der Waals surface area (Å²) in [6.45, 7) is 0. The molecule has 1 N–H and O–H groups in total. The molecule has 0 aliphatic carbocycles. The summed E-state index contributed by atoms with van der Waals surface area (Å²) in [5.74, 6) is -1.60. The van der Waals surface area contributed by atoms with Gasteiger partial charge in [0.1, 0.15) is 5.82 Å². The second kappa shape index (κ2) is 4.65. The first kappa shape index (κ1) is 11.1. The van der Waals surface area contributed by atoms with Crippen LogP contribution in [0, 0.1) is 5.82 Å². The number of hydrogen-bond donors (Lipinski definition) is 1. The zero-order valence-corrected chi connectivity index (χ0v) is 8.81. The summed E-state index contributed by atoms with van der Waals surface area (Å²) in [7, 11) is 0. The van der Waals surface area contributed by atoms with Gasteiger partial charge in [-0.2, -0.15) is 0 Å². The van der Waals surface area contributed by atoms with Crippen molar-refractivity contribution in [2.75, 3.05) is 5.32 Å². The summed E-state index contributed by atoms with van der Waals surface area (Å²) >= 11 is 0. The van der Waals surface area contributed by atoms with Crippen molar-refractivity contribution in [3.63, 3.8) is 0 Å². The van der Waals surface area contributed by atoms with Crippen molar-refractivity contribution in [3.05, 3.63) is 59.9 Å². The smallest absolute Gasteiger partial charge is 0.125 e. The van der Waals surface area contributed by atoms with Crippen LogP contribution in [0.2, 0.25) is 0 Å². The number of anilines is 2. The molecule has 2 aromatic rings. The molecule has 2 aromatic carbocycles. The number of carboxylic acids is 1. The number of nitrogens with one attached hydrogen (secondary N) is 1. The van der Waals surface area contributed by atoms with Crippen LogP contribution in [0.3, 0.4) is 0 Å². The topological polar surface area (TPSA) is 52.2 Å². The number of carbonyl (C=O) groups excluding carboxylic acids is 1. The molecule has 2 rings (SSSR count). The lowest BCUT2D eigenvalue weighted by Gasteiger charge is -2.08. The lowest BCUT2D eigenvalue weighted by molar-refractivity contribution is -0.255. The van der Waals surface area contributed by atoms with Crippen LogP contribution in [0.25, 0.3) is 0 Å². The van der Waals surface area contributed by atoms with E-state index in [9.17, 15) is 14.3 Å². The molecular formula is C13H9FNO2-.